The topological polar surface area (TPSA) is 50.8 Å². The molecule has 1 amide bonds. The van der Waals surface area contributed by atoms with Crippen molar-refractivity contribution in [2.75, 3.05) is 38.7 Å². The highest BCUT2D eigenvalue weighted by Crippen LogP contribution is 2.37. The van der Waals surface area contributed by atoms with Crippen LogP contribution in [0.2, 0.25) is 0 Å². The smallest absolute Gasteiger partial charge is 0.238 e. The molecule has 2 fully saturated rings. The van der Waals surface area contributed by atoms with Crippen molar-refractivity contribution >= 4 is 11.6 Å². The number of likely N-dealkylation sites (tertiary alicyclic amines) is 1. The minimum absolute atomic E-state index is 0.0295. The van der Waals surface area contributed by atoms with Gasteiger partial charge in [-0.1, -0.05) is 12.1 Å². The largest absolute Gasteiger partial charge is 0.377 e. The molecule has 0 saturated carbocycles. The van der Waals surface area contributed by atoms with Gasteiger partial charge >= 0.3 is 0 Å². The number of benzene rings is 1. The predicted octanol–water partition coefficient (Wildman–Crippen LogP) is 2.51. The normalized spacial score (nSPS) is 27.5. The third-order valence-electron chi connectivity index (χ3n) is 5.31. The molecular formula is C19H28N2O3. The van der Waals surface area contributed by atoms with E-state index in [-0.39, 0.29) is 17.6 Å². The highest BCUT2D eigenvalue weighted by Gasteiger charge is 2.46. The third kappa shape index (κ3) is 3.63. The molecule has 2 unspecified atom stereocenters. The van der Waals surface area contributed by atoms with Crippen molar-refractivity contribution in [1.29, 1.82) is 0 Å². The highest BCUT2D eigenvalue weighted by molar-refractivity contribution is 5.93. The van der Waals surface area contributed by atoms with Crippen molar-refractivity contribution in [2.45, 2.75) is 44.8 Å². The van der Waals surface area contributed by atoms with Crippen LogP contribution in [0.15, 0.2) is 18.2 Å². The summed E-state index contributed by atoms with van der Waals surface area (Å²) < 4.78 is 11.7. The van der Waals surface area contributed by atoms with E-state index in [9.17, 15) is 4.79 Å². The van der Waals surface area contributed by atoms with E-state index in [1.54, 1.807) is 7.11 Å². The van der Waals surface area contributed by atoms with Gasteiger partial charge in [0.1, 0.15) is 0 Å². The van der Waals surface area contributed by atoms with Gasteiger partial charge in [-0.3, -0.25) is 9.69 Å². The maximum absolute atomic E-state index is 12.4. The van der Waals surface area contributed by atoms with Crippen LogP contribution in [-0.4, -0.2) is 55.9 Å². The molecule has 0 radical (unpaired) electrons. The Hall–Kier alpha value is -1.43. The Kier molecular flexibility index (Phi) is 5.23. The van der Waals surface area contributed by atoms with Gasteiger partial charge in [0.2, 0.25) is 5.91 Å². The van der Waals surface area contributed by atoms with E-state index in [0.29, 0.717) is 6.54 Å². The monoisotopic (exact) mass is 332 g/mol. The zero-order chi connectivity index (χ0) is 17.2. The molecule has 24 heavy (non-hydrogen) atoms. The fraction of sp³-hybridized carbons (Fsp3) is 0.632. The van der Waals surface area contributed by atoms with Gasteiger partial charge in [-0.2, -0.15) is 0 Å². The minimum atomic E-state index is -0.130. The van der Waals surface area contributed by atoms with Crippen molar-refractivity contribution in [2.24, 2.45) is 0 Å². The quantitative estimate of drug-likeness (QED) is 0.920. The second-order valence-corrected chi connectivity index (χ2v) is 7.09. The van der Waals surface area contributed by atoms with Crippen molar-refractivity contribution < 1.29 is 14.3 Å². The molecule has 3 rings (SSSR count). The third-order valence-corrected chi connectivity index (χ3v) is 5.31. The Labute approximate surface area is 144 Å². The fourth-order valence-corrected chi connectivity index (χ4v) is 3.87. The van der Waals surface area contributed by atoms with Gasteiger partial charge in [-0.05, 0) is 50.3 Å². The molecule has 2 atom stereocenters. The number of piperidine rings is 1. The number of amides is 1. The molecule has 2 saturated heterocycles. The van der Waals surface area contributed by atoms with E-state index in [1.807, 2.05) is 26.0 Å². The van der Waals surface area contributed by atoms with Gasteiger partial charge in [-0.15, -0.1) is 0 Å². The lowest BCUT2D eigenvalue weighted by Gasteiger charge is -2.44. The van der Waals surface area contributed by atoms with Crippen LogP contribution in [0.5, 0.6) is 0 Å². The number of rotatable bonds is 4. The summed E-state index contributed by atoms with van der Waals surface area (Å²) in [5.41, 5.74) is 3.00. The van der Waals surface area contributed by atoms with Crippen molar-refractivity contribution in [3.8, 4) is 0 Å². The number of ether oxygens (including phenoxy) is 2. The summed E-state index contributed by atoms with van der Waals surface area (Å²) >= 11 is 0. The van der Waals surface area contributed by atoms with Gasteiger partial charge < -0.3 is 14.8 Å². The number of anilines is 1. The molecule has 0 bridgehead atoms. The van der Waals surface area contributed by atoms with Gasteiger partial charge in [0, 0.05) is 32.5 Å². The predicted molar refractivity (Wildman–Crippen MR) is 94.3 cm³/mol. The Morgan fingerprint density at radius 3 is 2.96 bits per heavy atom. The molecule has 132 valence electrons. The van der Waals surface area contributed by atoms with E-state index in [1.165, 1.54) is 0 Å². The van der Waals surface area contributed by atoms with Crippen molar-refractivity contribution in [3.63, 3.8) is 0 Å². The number of hydrogen-bond donors (Lipinski definition) is 1. The van der Waals surface area contributed by atoms with E-state index in [4.69, 9.17) is 9.47 Å². The Bertz CT molecular complexity index is 596. The number of carbonyl (C=O) groups excluding carboxylic acids is 1. The zero-order valence-electron chi connectivity index (χ0n) is 14.9. The van der Waals surface area contributed by atoms with Gasteiger partial charge in [0.25, 0.3) is 0 Å². The molecule has 5 heteroatoms. The van der Waals surface area contributed by atoms with E-state index in [2.05, 4.69) is 16.3 Å². The van der Waals surface area contributed by atoms with Crippen molar-refractivity contribution in [3.05, 3.63) is 29.3 Å². The molecule has 1 spiro atoms. The maximum atomic E-state index is 12.4. The standard InChI is InChI=1S/C19H28N2O3/c1-14-5-6-15(2)16(11-14)20-18(22)13-21-9-8-19(7-4-10-24-19)17(12-21)23-3/h5-6,11,17H,4,7-10,12-13H2,1-3H3,(H,20,22). The van der Waals surface area contributed by atoms with Crippen LogP contribution in [0, 0.1) is 13.8 Å². The van der Waals surface area contributed by atoms with Crippen LogP contribution in [0.4, 0.5) is 5.69 Å². The average Bonchev–Trinajstić information content (AvgIpc) is 3.02. The molecule has 2 aliphatic heterocycles. The van der Waals surface area contributed by atoms with Crippen LogP contribution in [0.3, 0.4) is 0 Å². The number of carbonyl (C=O) groups is 1. The molecule has 2 heterocycles. The second kappa shape index (κ2) is 7.21. The molecular weight excluding hydrogens is 304 g/mol. The highest BCUT2D eigenvalue weighted by atomic mass is 16.5. The van der Waals surface area contributed by atoms with Crippen LogP contribution in [0.1, 0.15) is 30.4 Å². The summed E-state index contributed by atoms with van der Waals surface area (Å²) in [7, 11) is 1.74. The summed E-state index contributed by atoms with van der Waals surface area (Å²) in [6.45, 7) is 6.88. The van der Waals surface area contributed by atoms with Gasteiger partial charge in [-0.25, -0.2) is 0 Å². The summed E-state index contributed by atoms with van der Waals surface area (Å²) in [5.74, 6) is 0.0295. The molecule has 1 N–H and O–H groups in total. The van der Waals surface area contributed by atoms with Crippen molar-refractivity contribution in [1.82, 2.24) is 4.90 Å². The zero-order valence-corrected chi connectivity index (χ0v) is 14.9. The molecule has 1 aromatic rings. The first kappa shape index (κ1) is 17.4. The van der Waals surface area contributed by atoms with Crippen LogP contribution in [0.25, 0.3) is 0 Å². The lowest BCUT2D eigenvalue weighted by atomic mass is 9.86. The first-order valence-corrected chi connectivity index (χ1v) is 8.79. The Morgan fingerprint density at radius 2 is 2.25 bits per heavy atom. The van der Waals surface area contributed by atoms with Gasteiger partial charge in [0.05, 0.1) is 18.2 Å². The van der Waals surface area contributed by atoms with Crippen LogP contribution >= 0.6 is 0 Å². The average molecular weight is 332 g/mol. The Morgan fingerprint density at radius 1 is 1.42 bits per heavy atom. The molecule has 0 aromatic heterocycles. The molecule has 5 nitrogen and oxygen atoms in total. The van der Waals surface area contributed by atoms with Crippen LogP contribution < -0.4 is 5.32 Å². The Balaban J connectivity index is 1.58. The number of hydrogen-bond acceptors (Lipinski definition) is 4. The minimum Gasteiger partial charge on any atom is -0.377 e. The number of aryl methyl sites for hydroxylation is 2. The molecule has 2 aliphatic rings. The summed E-state index contributed by atoms with van der Waals surface area (Å²) in [6.07, 6.45) is 3.14. The lowest BCUT2D eigenvalue weighted by molar-refractivity contribution is -0.145. The summed E-state index contributed by atoms with van der Waals surface area (Å²) in [4.78, 5) is 14.6. The van der Waals surface area contributed by atoms with Crippen LogP contribution in [-0.2, 0) is 14.3 Å². The number of nitrogens with zero attached hydrogens (tertiary/aromatic N) is 1. The molecule has 1 aromatic carbocycles. The lowest BCUT2D eigenvalue weighted by Crippen LogP contribution is -2.57. The number of nitrogens with one attached hydrogen (secondary N) is 1. The van der Waals surface area contributed by atoms with E-state index >= 15 is 0 Å². The van der Waals surface area contributed by atoms with Gasteiger partial charge in [0.15, 0.2) is 0 Å². The molecule has 0 aliphatic carbocycles. The first-order valence-electron chi connectivity index (χ1n) is 8.79. The fourth-order valence-electron chi connectivity index (χ4n) is 3.87. The first-order chi connectivity index (χ1) is 11.5. The summed E-state index contributed by atoms with van der Waals surface area (Å²) in [6, 6.07) is 6.11. The van der Waals surface area contributed by atoms with E-state index in [0.717, 1.165) is 55.8 Å². The summed E-state index contributed by atoms with van der Waals surface area (Å²) in [5, 5.41) is 3.04. The maximum Gasteiger partial charge on any atom is 0.238 e. The second-order valence-electron chi connectivity index (χ2n) is 7.09. The SMILES string of the molecule is COC1CN(CC(=O)Nc2cc(C)ccc2C)CCC12CCCO2. The number of methoxy groups -OCH3 is 1. The van der Waals surface area contributed by atoms with E-state index < -0.39 is 0 Å².